The van der Waals surface area contributed by atoms with Crippen LogP contribution in [0.1, 0.15) is 402 Å². The molecule has 5 atom stereocenters. The van der Waals surface area contributed by atoms with Gasteiger partial charge in [-0.25, -0.2) is 9.13 Å². The van der Waals surface area contributed by atoms with Crippen molar-refractivity contribution in [1.29, 1.82) is 0 Å². The van der Waals surface area contributed by atoms with Gasteiger partial charge < -0.3 is 33.8 Å². The first-order valence-corrected chi connectivity index (χ1v) is 43.3. The molecule has 97 heavy (non-hydrogen) atoms. The van der Waals surface area contributed by atoms with E-state index in [0.717, 1.165) is 120 Å². The Morgan fingerprint density at radius 2 is 0.474 bits per heavy atom. The Morgan fingerprint density at radius 3 is 0.701 bits per heavy atom. The number of hydrogen-bond donors (Lipinski definition) is 3. The molecule has 0 bridgehead atoms. The van der Waals surface area contributed by atoms with E-state index in [1.807, 2.05) is 0 Å². The number of aliphatic hydroxyl groups is 1. The van der Waals surface area contributed by atoms with Gasteiger partial charge in [0.25, 0.3) is 0 Å². The molecule has 0 amide bonds. The fourth-order valence-corrected chi connectivity index (χ4v) is 13.5. The van der Waals surface area contributed by atoms with Gasteiger partial charge in [-0.05, 0) is 43.4 Å². The van der Waals surface area contributed by atoms with Crippen molar-refractivity contribution in [3.63, 3.8) is 0 Å². The van der Waals surface area contributed by atoms with Crippen molar-refractivity contribution in [1.82, 2.24) is 0 Å². The third-order valence-corrected chi connectivity index (χ3v) is 20.0. The molecule has 19 heteroatoms. The maximum absolute atomic E-state index is 13.1. The van der Waals surface area contributed by atoms with Crippen LogP contribution in [0.4, 0.5) is 0 Å². The molecule has 17 nitrogen and oxygen atoms in total. The molecule has 2 unspecified atom stereocenters. The number of ether oxygens (including phenoxy) is 4. The van der Waals surface area contributed by atoms with Crippen molar-refractivity contribution in [2.75, 3.05) is 39.6 Å². The number of phosphoric acid groups is 2. The molecule has 0 aromatic rings. The van der Waals surface area contributed by atoms with Crippen LogP contribution in [-0.4, -0.2) is 96.7 Å². The molecule has 3 N–H and O–H groups in total. The number of rotatable bonds is 76. The molecule has 0 radical (unpaired) electrons. The van der Waals surface area contributed by atoms with Crippen LogP contribution in [-0.2, 0) is 65.4 Å². The fraction of sp³-hybridized carbons (Fsp3) is 0.949. The van der Waals surface area contributed by atoms with E-state index >= 15 is 0 Å². The normalized spacial score (nSPS) is 14.0. The highest BCUT2D eigenvalue weighted by Crippen LogP contribution is 2.45. The lowest BCUT2D eigenvalue weighted by atomic mass is 10.0. The van der Waals surface area contributed by atoms with E-state index in [2.05, 4.69) is 48.5 Å². The van der Waals surface area contributed by atoms with Crippen molar-refractivity contribution in [2.24, 2.45) is 17.8 Å². The number of phosphoric ester groups is 2. The molecular formula is C78H152O17P2. The van der Waals surface area contributed by atoms with Gasteiger partial charge in [-0.2, -0.15) is 0 Å². The predicted molar refractivity (Wildman–Crippen MR) is 395 cm³/mol. The van der Waals surface area contributed by atoms with E-state index < -0.39 is 97.5 Å². The van der Waals surface area contributed by atoms with Gasteiger partial charge in [-0.1, -0.05) is 350 Å². The highest BCUT2D eigenvalue weighted by molar-refractivity contribution is 7.47. The summed E-state index contributed by atoms with van der Waals surface area (Å²) in [5, 5.41) is 10.6. The number of aliphatic hydroxyl groups excluding tert-OH is 1. The van der Waals surface area contributed by atoms with Crippen molar-refractivity contribution >= 4 is 39.5 Å². The molecule has 0 rings (SSSR count). The zero-order chi connectivity index (χ0) is 71.6. The number of carbonyl (C=O) groups excluding carboxylic acids is 4. The van der Waals surface area contributed by atoms with Gasteiger partial charge >= 0.3 is 39.5 Å². The molecule has 576 valence electrons. The van der Waals surface area contributed by atoms with Gasteiger partial charge in [-0.15, -0.1) is 0 Å². The topological polar surface area (TPSA) is 237 Å². The summed E-state index contributed by atoms with van der Waals surface area (Å²) in [6.07, 6.45) is 55.6. The highest BCUT2D eigenvalue weighted by Gasteiger charge is 2.30. The highest BCUT2D eigenvalue weighted by atomic mass is 31.2. The van der Waals surface area contributed by atoms with Gasteiger partial charge in [0.1, 0.15) is 19.3 Å². The van der Waals surface area contributed by atoms with Gasteiger partial charge in [0.05, 0.1) is 26.4 Å². The van der Waals surface area contributed by atoms with Crippen LogP contribution >= 0.6 is 15.6 Å². The lowest BCUT2D eigenvalue weighted by molar-refractivity contribution is -0.161. The van der Waals surface area contributed by atoms with Crippen LogP contribution in [0.15, 0.2) is 0 Å². The molecule has 0 heterocycles. The smallest absolute Gasteiger partial charge is 0.462 e. The van der Waals surface area contributed by atoms with Crippen molar-refractivity contribution in [3.05, 3.63) is 0 Å². The van der Waals surface area contributed by atoms with Crippen LogP contribution in [0.2, 0.25) is 0 Å². The molecule has 0 spiro atoms. The molecule has 0 saturated carbocycles. The molecule has 0 aromatic heterocycles. The molecule has 0 aliphatic heterocycles. The van der Waals surface area contributed by atoms with E-state index in [4.69, 9.17) is 37.0 Å². The van der Waals surface area contributed by atoms with Crippen LogP contribution in [0, 0.1) is 17.8 Å². The molecule has 0 aliphatic rings. The van der Waals surface area contributed by atoms with E-state index in [-0.39, 0.29) is 25.7 Å². The lowest BCUT2D eigenvalue weighted by Gasteiger charge is -2.21. The predicted octanol–water partition coefficient (Wildman–Crippen LogP) is 23.0. The Bertz CT molecular complexity index is 1890. The number of carbonyl (C=O) groups is 4. The third kappa shape index (κ3) is 72.2. The van der Waals surface area contributed by atoms with Gasteiger partial charge in [-0.3, -0.25) is 37.3 Å². The number of esters is 4. The fourth-order valence-electron chi connectivity index (χ4n) is 12.0. The number of hydrogen-bond acceptors (Lipinski definition) is 15. The maximum Gasteiger partial charge on any atom is 0.472 e. The van der Waals surface area contributed by atoms with Crippen molar-refractivity contribution in [3.8, 4) is 0 Å². The van der Waals surface area contributed by atoms with Gasteiger partial charge in [0.15, 0.2) is 12.2 Å². The Kier molecular flexibility index (Phi) is 67.1. The van der Waals surface area contributed by atoms with Crippen LogP contribution < -0.4 is 0 Å². The molecule has 0 aromatic carbocycles. The average Bonchev–Trinajstić information content (AvgIpc) is 1.31. The summed E-state index contributed by atoms with van der Waals surface area (Å²) in [6.45, 7) is 11.9. The van der Waals surface area contributed by atoms with E-state index in [0.29, 0.717) is 25.7 Å². The largest absolute Gasteiger partial charge is 0.472 e. The van der Waals surface area contributed by atoms with E-state index in [9.17, 15) is 43.2 Å². The summed E-state index contributed by atoms with van der Waals surface area (Å²) in [4.78, 5) is 72.8. The van der Waals surface area contributed by atoms with Crippen LogP contribution in [0.5, 0.6) is 0 Å². The maximum atomic E-state index is 13.1. The Morgan fingerprint density at radius 1 is 0.278 bits per heavy atom. The first-order valence-electron chi connectivity index (χ1n) is 40.3. The van der Waals surface area contributed by atoms with Crippen molar-refractivity contribution < 1.29 is 80.2 Å². The zero-order valence-corrected chi connectivity index (χ0v) is 65.3. The third-order valence-electron chi connectivity index (χ3n) is 18.1. The summed E-state index contributed by atoms with van der Waals surface area (Å²) >= 11 is 0. The molecule has 0 fully saturated rings. The summed E-state index contributed by atoms with van der Waals surface area (Å²) in [7, 11) is -9.91. The van der Waals surface area contributed by atoms with Gasteiger partial charge in [0.2, 0.25) is 0 Å². The minimum Gasteiger partial charge on any atom is -0.462 e. The SMILES string of the molecule is CCCCCCCCCC(=O)OC[C@H](COP(=O)(O)OC[C@H](O)COP(=O)(O)OC[C@@H](COC(=O)CCCCCCCCCCCCCCCCCC(C)C)OC(=O)CCCCCCCCCCCCCCCCCC(C)C)OC(=O)CCCCCCCCCCCCCC(C)C. The summed E-state index contributed by atoms with van der Waals surface area (Å²) < 4.78 is 68.5. The monoisotopic (exact) mass is 1420 g/mol. The summed E-state index contributed by atoms with van der Waals surface area (Å²) in [5.41, 5.74) is 0. The second kappa shape index (κ2) is 68.5. The van der Waals surface area contributed by atoms with Crippen LogP contribution in [0.25, 0.3) is 0 Å². The first kappa shape index (κ1) is 95.1. The lowest BCUT2D eigenvalue weighted by Crippen LogP contribution is -2.30. The van der Waals surface area contributed by atoms with E-state index in [1.54, 1.807) is 0 Å². The Labute approximate surface area is 594 Å². The second-order valence-corrected chi connectivity index (χ2v) is 32.4. The Hall–Kier alpha value is -1.94. The summed E-state index contributed by atoms with van der Waals surface area (Å²) in [5.74, 6) is 0.256. The zero-order valence-electron chi connectivity index (χ0n) is 63.5. The Balaban J connectivity index is 5.19. The minimum atomic E-state index is -4.96. The molecular weight excluding hydrogens is 1270 g/mol. The van der Waals surface area contributed by atoms with Gasteiger partial charge in [0, 0.05) is 25.7 Å². The van der Waals surface area contributed by atoms with Crippen molar-refractivity contribution in [2.45, 2.75) is 420 Å². The number of unbranched alkanes of at least 4 members (excludes halogenated alkanes) is 44. The molecule has 0 saturated heterocycles. The minimum absolute atomic E-state index is 0.106. The average molecular weight is 1420 g/mol. The molecule has 0 aliphatic carbocycles. The standard InChI is InChI=1S/C78H152O17P2/c1-8-9-10-11-35-45-52-59-75(80)88-65-73(94-78(83)62-55-48-41-34-28-22-25-31-38-44-51-58-71(6)7)67-92-96(84,85)90-63-72(79)64-91-97(86,87)93-68-74(95-77(82)61-54-47-40-33-27-21-17-13-15-19-24-30-37-43-50-57-70(4)5)66-89-76(81)60-53-46-39-32-26-20-16-12-14-18-23-29-36-42-49-56-69(2)3/h69-74,79H,8-68H2,1-7H3,(H,84,85)(H,86,87)/t72-,73+,74+/m0/s1. The van der Waals surface area contributed by atoms with E-state index in [1.165, 1.54) is 199 Å². The first-order chi connectivity index (χ1) is 46.7. The second-order valence-electron chi connectivity index (χ2n) is 29.5. The summed E-state index contributed by atoms with van der Waals surface area (Å²) in [6, 6.07) is 0. The van der Waals surface area contributed by atoms with Crippen LogP contribution in [0.3, 0.4) is 0 Å². The quantitative estimate of drug-likeness (QED) is 0.0222.